The molecule has 16 heavy (non-hydrogen) atoms. The summed E-state index contributed by atoms with van der Waals surface area (Å²) >= 11 is 0. The summed E-state index contributed by atoms with van der Waals surface area (Å²) in [4.78, 5) is 2.57. The Morgan fingerprint density at radius 2 is 1.81 bits per heavy atom. The molecule has 0 aromatic carbocycles. The van der Waals surface area contributed by atoms with E-state index in [1.165, 1.54) is 45.3 Å². The molecule has 0 aliphatic carbocycles. The summed E-state index contributed by atoms with van der Waals surface area (Å²) in [7, 11) is 0. The highest BCUT2D eigenvalue weighted by molar-refractivity contribution is 4.72. The summed E-state index contributed by atoms with van der Waals surface area (Å²) < 4.78 is 0. The lowest BCUT2D eigenvalue weighted by Crippen LogP contribution is -2.37. The molecule has 3 N–H and O–H groups in total. The van der Waals surface area contributed by atoms with Crippen molar-refractivity contribution in [1.29, 1.82) is 0 Å². The molecule has 1 fully saturated rings. The summed E-state index contributed by atoms with van der Waals surface area (Å²) in [5.41, 5.74) is 5.93. The molecule has 1 heterocycles. The Morgan fingerprint density at radius 1 is 1.12 bits per heavy atom. The summed E-state index contributed by atoms with van der Waals surface area (Å²) in [5.74, 6) is 0. The van der Waals surface area contributed by atoms with Crippen molar-refractivity contribution >= 4 is 0 Å². The first kappa shape index (κ1) is 13.9. The third kappa shape index (κ3) is 7.20. The molecule has 0 amide bonds. The van der Waals surface area contributed by atoms with Crippen LogP contribution in [-0.4, -0.2) is 43.2 Å². The van der Waals surface area contributed by atoms with Crippen LogP contribution in [0, 0.1) is 0 Å². The fourth-order valence-corrected chi connectivity index (χ4v) is 2.21. The van der Waals surface area contributed by atoms with Crippen LogP contribution in [-0.2, 0) is 0 Å². The van der Waals surface area contributed by atoms with E-state index in [0.717, 1.165) is 19.5 Å². The number of nitrogens with zero attached hydrogens (tertiary/aromatic N) is 1. The minimum atomic E-state index is -0.00541. The zero-order chi connectivity index (χ0) is 11.9. The van der Waals surface area contributed by atoms with Crippen molar-refractivity contribution in [2.75, 3.05) is 32.7 Å². The van der Waals surface area contributed by atoms with Crippen LogP contribution in [0.25, 0.3) is 0 Å². The quantitative estimate of drug-likeness (QED) is 0.649. The summed E-state index contributed by atoms with van der Waals surface area (Å²) in [6.45, 7) is 10.3. The lowest BCUT2D eigenvalue weighted by molar-refractivity contribution is 0.229. The molecule has 0 radical (unpaired) electrons. The Kier molecular flexibility index (Phi) is 6.32. The molecule has 96 valence electrons. The van der Waals surface area contributed by atoms with Gasteiger partial charge in [0.1, 0.15) is 0 Å². The summed E-state index contributed by atoms with van der Waals surface area (Å²) in [6.07, 6.45) is 6.49. The van der Waals surface area contributed by atoms with E-state index in [-0.39, 0.29) is 5.54 Å². The standard InChI is InChI=1S/C13H29N3/c1-13(2,14)7-6-8-15-9-12-16-10-4-3-5-11-16/h15H,3-12,14H2,1-2H3. The monoisotopic (exact) mass is 227 g/mol. The Labute approximate surface area is 101 Å². The molecule has 3 nitrogen and oxygen atoms in total. The molecule has 3 heteroatoms. The van der Waals surface area contributed by atoms with E-state index in [0.29, 0.717) is 0 Å². The second-order valence-electron chi connectivity index (χ2n) is 5.74. The van der Waals surface area contributed by atoms with Crippen molar-refractivity contribution in [3.63, 3.8) is 0 Å². The Balaban J connectivity index is 1.87. The maximum atomic E-state index is 5.93. The van der Waals surface area contributed by atoms with E-state index in [2.05, 4.69) is 24.1 Å². The van der Waals surface area contributed by atoms with Crippen molar-refractivity contribution in [3.8, 4) is 0 Å². The van der Waals surface area contributed by atoms with Crippen LogP contribution in [0.15, 0.2) is 0 Å². The molecule has 1 saturated heterocycles. The van der Waals surface area contributed by atoms with Gasteiger partial charge in [0.25, 0.3) is 0 Å². The molecule has 0 unspecified atom stereocenters. The first-order chi connectivity index (χ1) is 7.58. The summed E-state index contributed by atoms with van der Waals surface area (Å²) in [6, 6.07) is 0. The van der Waals surface area contributed by atoms with Crippen molar-refractivity contribution < 1.29 is 0 Å². The number of rotatable bonds is 7. The number of hydrogen-bond donors (Lipinski definition) is 2. The second-order valence-corrected chi connectivity index (χ2v) is 5.74. The highest BCUT2D eigenvalue weighted by Gasteiger charge is 2.10. The third-order valence-corrected chi connectivity index (χ3v) is 3.23. The van der Waals surface area contributed by atoms with Crippen LogP contribution in [0.4, 0.5) is 0 Å². The molecular weight excluding hydrogens is 198 g/mol. The SMILES string of the molecule is CC(C)(N)CCCNCCN1CCCCC1. The predicted octanol–water partition coefficient (Wildman–Crippen LogP) is 1.58. The van der Waals surface area contributed by atoms with Crippen LogP contribution in [0.2, 0.25) is 0 Å². The third-order valence-electron chi connectivity index (χ3n) is 3.23. The molecule has 1 rings (SSSR count). The van der Waals surface area contributed by atoms with Gasteiger partial charge >= 0.3 is 0 Å². The molecular formula is C13H29N3. The zero-order valence-corrected chi connectivity index (χ0v) is 11.1. The fourth-order valence-electron chi connectivity index (χ4n) is 2.21. The van der Waals surface area contributed by atoms with Gasteiger partial charge in [0.05, 0.1) is 0 Å². The van der Waals surface area contributed by atoms with Gasteiger partial charge in [-0.1, -0.05) is 6.42 Å². The van der Waals surface area contributed by atoms with Gasteiger partial charge in [0.2, 0.25) is 0 Å². The van der Waals surface area contributed by atoms with Gasteiger partial charge in [-0.15, -0.1) is 0 Å². The normalized spacial score (nSPS) is 18.9. The minimum Gasteiger partial charge on any atom is -0.326 e. The van der Waals surface area contributed by atoms with Crippen molar-refractivity contribution in [2.24, 2.45) is 5.73 Å². The summed E-state index contributed by atoms with van der Waals surface area (Å²) in [5, 5.41) is 3.51. The van der Waals surface area contributed by atoms with E-state index in [1.807, 2.05) is 0 Å². The van der Waals surface area contributed by atoms with Gasteiger partial charge in [-0.2, -0.15) is 0 Å². The Hall–Kier alpha value is -0.120. The van der Waals surface area contributed by atoms with E-state index in [4.69, 9.17) is 5.73 Å². The molecule has 0 spiro atoms. The smallest absolute Gasteiger partial charge is 0.0107 e. The zero-order valence-electron chi connectivity index (χ0n) is 11.1. The lowest BCUT2D eigenvalue weighted by atomic mass is 10.0. The fraction of sp³-hybridized carbons (Fsp3) is 1.00. The molecule has 0 saturated carbocycles. The van der Waals surface area contributed by atoms with Gasteiger partial charge < -0.3 is 16.0 Å². The van der Waals surface area contributed by atoms with Crippen LogP contribution >= 0.6 is 0 Å². The van der Waals surface area contributed by atoms with E-state index in [9.17, 15) is 0 Å². The van der Waals surface area contributed by atoms with Gasteiger partial charge in [-0.25, -0.2) is 0 Å². The molecule has 0 aromatic rings. The van der Waals surface area contributed by atoms with E-state index >= 15 is 0 Å². The molecule has 1 aliphatic rings. The van der Waals surface area contributed by atoms with Crippen LogP contribution in [0.1, 0.15) is 46.0 Å². The topological polar surface area (TPSA) is 41.3 Å². The van der Waals surface area contributed by atoms with Crippen LogP contribution in [0.3, 0.4) is 0 Å². The van der Waals surface area contributed by atoms with E-state index < -0.39 is 0 Å². The first-order valence-electron chi connectivity index (χ1n) is 6.80. The second kappa shape index (κ2) is 7.25. The highest BCUT2D eigenvalue weighted by atomic mass is 15.1. The van der Waals surface area contributed by atoms with Gasteiger partial charge in [0, 0.05) is 18.6 Å². The highest BCUT2D eigenvalue weighted by Crippen LogP contribution is 2.07. The average Bonchev–Trinajstić information content (AvgIpc) is 2.23. The molecule has 1 aliphatic heterocycles. The van der Waals surface area contributed by atoms with Gasteiger partial charge in [-0.05, 0) is 59.2 Å². The average molecular weight is 227 g/mol. The molecule has 0 aromatic heterocycles. The molecule has 0 atom stereocenters. The van der Waals surface area contributed by atoms with Gasteiger partial charge in [-0.3, -0.25) is 0 Å². The number of piperidine rings is 1. The van der Waals surface area contributed by atoms with E-state index in [1.54, 1.807) is 0 Å². The van der Waals surface area contributed by atoms with Gasteiger partial charge in [0.15, 0.2) is 0 Å². The number of hydrogen-bond acceptors (Lipinski definition) is 3. The number of nitrogens with one attached hydrogen (secondary N) is 1. The lowest BCUT2D eigenvalue weighted by Gasteiger charge is -2.26. The largest absolute Gasteiger partial charge is 0.326 e. The predicted molar refractivity (Wildman–Crippen MR) is 70.7 cm³/mol. The first-order valence-corrected chi connectivity index (χ1v) is 6.80. The molecule has 0 bridgehead atoms. The Morgan fingerprint density at radius 3 is 2.44 bits per heavy atom. The van der Waals surface area contributed by atoms with Crippen molar-refractivity contribution in [2.45, 2.75) is 51.5 Å². The Bertz CT molecular complexity index is 169. The minimum absolute atomic E-state index is 0.00541. The number of likely N-dealkylation sites (tertiary alicyclic amines) is 1. The van der Waals surface area contributed by atoms with Crippen molar-refractivity contribution in [1.82, 2.24) is 10.2 Å². The van der Waals surface area contributed by atoms with Crippen molar-refractivity contribution in [3.05, 3.63) is 0 Å². The maximum absolute atomic E-state index is 5.93. The van der Waals surface area contributed by atoms with Crippen LogP contribution in [0.5, 0.6) is 0 Å². The number of nitrogens with two attached hydrogens (primary N) is 1. The maximum Gasteiger partial charge on any atom is 0.0107 e. The van der Waals surface area contributed by atoms with Crippen LogP contribution < -0.4 is 11.1 Å².